The third-order valence-corrected chi connectivity index (χ3v) is 4.57. The minimum Gasteiger partial charge on any atom is -0.482 e. The van der Waals surface area contributed by atoms with Gasteiger partial charge in [-0.15, -0.1) is 0 Å². The SMILES string of the molecule is CC(=O)NCCOC(=O)N=NCc1ccc(C(=O)N[C@@H](C)C(=O)c2ccc(OCC(=O)O)cc2)cc1. The van der Waals surface area contributed by atoms with Gasteiger partial charge in [-0.1, -0.05) is 17.2 Å². The molecule has 12 nitrogen and oxygen atoms in total. The van der Waals surface area contributed by atoms with E-state index in [2.05, 4.69) is 20.9 Å². The number of nitrogens with one attached hydrogen (secondary N) is 2. The summed E-state index contributed by atoms with van der Waals surface area (Å²) in [6.07, 6.45) is -0.877. The van der Waals surface area contributed by atoms with Crippen molar-refractivity contribution >= 4 is 29.7 Å². The molecule has 12 heteroatoms. The van der Waals surface area contributed by atoms with Crippen LogP contribution in [-0.4, -0.2) is 60.6 Å². The van der Waals surface area contributed by atoms with E-state index < -0.39 is 30.6 Å². The third-order valence-electron chi connectivity index (χ3n) is 4.57. The molecule has 36 heavy (non-hydrogen) atoms. The van der Waals surface area contributed by atoms with Gasteiger partial charge in [0, 0.05) is 18.1 Å². The van der Waals surface area contributed by atoms with E-state index >= 15 is 0 Å². The van der Waals surface area contributed by atoms with Gasteiger partial charge in [-0.2, -0.15) is 5.11 Å². The molecule has 2 aromatic rings. The zero-order valence-electron chi connectivity index (χ0n) is 19.7. The van der Waals surface area contributed by atoms with Crippen molar-refractivity contribution in [2.24, 2.45) is 10.2 Å². The molecule has 190 valence electrons. The van der Waals surface area contributed by atoms with Gasteiger partial charge in [0.1, 0.15) is 12.4 Å². The number of benzene rings is 2. The van der Waals surface area contributed by atoms with Crippen LogP contribution in [0.25, 0.3) is 0 Å². The van der Waals surface area contributed by atoms with Crippen LogP contribution in [0.3, 0.4) is 0 Å². The summed E-state index contributed by atoms with van der Waals surface area (Å²) in [5, 5.41) is 20.9. The van der Waals surface area contributed by atoms with Gasteiger partial charge in [0.2, 0.25) is 5.91 Å². The minimum atomic E-state index is -1.11. The van der Waals surface area contributed by atoms with Gasteiger partial charge >= 0.3 is 12.1 Å². The van der Waals surface area contributed by atoms with Crippen LogP contribution in [0.15, 0.2) is 58.8 Å². The van der Waals surface area contributed by atoms with Crippen LogP contribution in [0.4, 0.5) is 4.79 Å². The summed E-state index contributed by atoms with van der Waals surface area (Å²) in [4.78, 5) is 57.8. The molecule has 2 aromatic carbocycles. The van der Waals surface area contributed by atoms with Gasteiger partial charge in [0.25, 0.3) is 5.91 Å². The third kappa shape index (κ3) is 9.71. The van der Waals surface area contributed by atoms with Crippen LogP contribution in [0.2, 0.25) is 0 Å². The van der Waals surface area contributed by atoms with Crippen molar-refractivity contribution < 1.29 is 38.6 Å². The Morgan fingerprint density at radius 1 is 0.972 bits per heavy atom. The standard InChI is InChI=1S/C24H26N4O8/c1-15(22(32)18-7-9-20(10-8-18)36-14-21(30)31)27-23(33)19-5-3-17(4-6-19)13-26-28-24(34)35-12-11-25-16(2)29/h3-10,15H,11-14H2,1-2H3,(H,25,29)(H,27,33)(H,30,31)/t15-/m0/s1. The Labute approximate surface area is 206 Å². The Balaban J connectivity index is 1.82. The van der Waals surface area contributed by atoms with E-state index in [1.165, 1.54) is 31.2 Å². The number of amides is 3. The van der Waals surface area contributed by atoms with Crippen molar-refractivity contribution in [3.8, 4) is 5.75 Å². The summed E-state index contributed by atoms with van der Waals surface area (Å²) in [5.41, 5.74) is 1.35. The fourth-order valence-corrected chi connectivity index (χ4v) is 2.79. The van der Waals surface area contributed by atoms with Crippen molar-refractivity contribution in [1.29, 1.82) is 0 Å². The molecule has 0 fully saturated rings. The lowest BCUT2D eigenvalue weighted by atomic mass is 10.0. The first-order valence-electron chi connectivity index (χ1n) is 10.8. The van der Waals surface area contributed by atoms with Gasteiger partial charge in [0.05, 0.1) is 19.1 Å². The monoisotopic (exact) mass is 498 g/mol. The minimum absolute atomic E-state index is 0.0192. The molecule has 0 aliphatic heterocycles. The average molecular weight is 498 g/mol. The first-order valence-corrected chi connectivity index (χ1v) is 10.8. The molecule has 0 aliphatic carbocycles. The highest BCUT2D eigenvalue weighted by atomic mass is 16.5. The molecule has 0 saturated carbocycles. The maximum absolute atomic E-state index is 12.6. The number of hydrogen-bond donors (Lipinski definition) is 3. The fraction of sp³-hybridized carbons (Fsp3) is 0.292. The summed E-state index contributed by atoms with van der Waals surface area (Å²) in [6, 6.07) is 11.5. The average Bonchev–Trinajstić information content (AvgIpc) is 2.85. The highest BCUT2D eigenvalue weighted by Crippen LogP contribution is 2.14. The molecule has 0 aromatic heterocycles. The van der Waals surface area contributed by atoms with Crippen molar-refractivity contribution in [2.45, 2.75) is 26.4 Å². The van der Waals surface area contributed by atoms with Crippen LogP contribution in [0.5, 0.6) is 5.75 Å². The molecule has 1 atom stereocenters. The molecule has 3 N–H and O–H groups in total. The molecule has 0 aliphatic rings. The summed E-state index contributed by atoms with van der Waals surface area (Å²) in [7, 11) is 0. The first-order chi connectivity index (χ1) is 17.2. The Morgan fingerprint density at radius 2 is 1.61 bits per heavy atom. The topological polar surface area (TPSA) is 173 Å². The summed E-state index contributed by atoms with van der Waals surface area (Å²) >= 11 is 0. The Morgan fingerprint density at radius 3 is 2.22 bits per heavy atom. The van der Waals surface area contributed by atoms with E-state index in [-0.39, 0.29) is 31.4 Å². The van der Waals surface area contributed by atoms with Crippen LogP contribution in [-0.2, 0) is 20.9 Å². The predicted octanol–water partition coefficient (Wildman–Crippen LogP) is 2.38. The Hall–Kier alpha value is -4.61. The van der Waals surface area contributed by atoms with E-state index in [4.69, 9.17) is 14.6 Å². The molecule has 0 heterocycles. The van der Waals surface area contributed by atoms with Crippen molar-refractivity contribution in [3.63, 3.8) is 0 Å². The number of ether oxygens (including phenoxy) is 2. The van der Waals surface area contributed by atoms with Crippen LogP contribution in [0.1, 0.15) is 40.1 Å². The van der Waals surface area contributed by atoms with E-state index in [0.29, 0.717) is 22.4 Å². The lowest BCUT2D eigenvalue weighted by molar-refractivity contribution is -0.139. The molecule has 0 saturated heterocycles. The zero-order valence-corrected chi connectivity index (χ0v) is 19.7. The highest BCUT2D eigenvalue weighted by Gasteiger charge is 2.18. The van der Waals surface area contributed by atoms with Gasteiger partial charge in [-0.05, 0) is 48.9 Å². The van der Waals surface area contributed by atoms with Crippen LogP contribution in [0, 0.1) is 0 Å². The Kier molecular flexibility index (Phi) is 10.7. The number of hydrogen-bond acceptors (Lipinski definition) is 8. The molecular weight excluding hydrogens is 472 g/mol. The zero-order chi connectivity index (χ0) is 26.5. The highest BCUT2D eigenvalue weighted by molar-refractivity contribution is 6.04. The molecule has 2 rings (SSSR count). The smallest absolute Gasteiger partial charge is 0.452 e. The number of Topliss-reactive ketones (excluding diaryl/α,β-unsaturated/α-hetero) is 1. The van der Waals surface area contributed by atoms with E-state index in [0.717, 1.165) is 0 Å². The number of ketones is 1. The molecule has 0 bridgehead atoms. The molecular formula is C24H26N4O8. The molecule has 0 radical (unpaired) electrons. The summed E-state index contributed by atoms with van der Waals surface area (Å²) in [6.45, 7) is 2.66. The van der Waals surface area contributed by atoms with Gasteiger partial charge < -0.3 is 25.2 Å². The molecule has 0 spiro atoms. The second kappa shape index (κ2) is 13.9. The predicted molar refractivity (Wildman–Crippen MR) is 126 cm³/mol. The number of carbonyl (C=O) groups is 5. The number of rotatable bonds is 12. The molecule has 3 amide bonds. The molecule has 0 unspecified atom stereocenters. The van der Waals surface area contributed by atoms with Crippen molar-refractivity contribution in [3.05, 3.63) is 65.2 Å². The van der Waals surface area contributed by atoms with E-state index in [9.17, 15) is 24.0 Å². The van der Waals surface area contributed by atoms with Crippen LogP contribution < -0.4 is 15.4 Å². The number of nitrogens with zero attached hydrogens (tertiary/aromatic N) is 2. The summed E-state index contributed by atoms with van der Waals surface area (Å²) in [5.74, 6) is -1.81. The maximum atomic E-state index is 12.6. The van der Waals surface area contributed by atoms with Crippen LogP contribution >= 0.6 is 0 Å². The number of aliphatic carboxylic acids is 1. The quantitative estimate of drug-likeness (QED) is 0.227. The number of carboxylic acid groups (broad SMARTS) is 1. The summed E-state index contributed by atoms with van der Waals surface area (Å²) < 4.78 is 9.80. The maximum Gasteiger partial charge on any atom is 0.452 e. The number of carboxylic acids is 1. The number of azo groups is 1. The lowest BCUT2D eigenvalue weighted by Crippen LogP contribution is -2.38. The first kappa shape index (κ1) is 27.6. The number of carbonyl (C=O) groups excluding carboxylic acids is 4. The largest absolute Gasteiger partial charge is 0.482 e. The van der Waals surface area contributed by atoms with E-state index in [1.54, 1.807) is 31.2 Å². The van der Waals surface area contributed by atoms with Crippen molar-refractivity contribution in [1.82, 2.24) is 10.6 Å². The van der Waals surface area contributed by atoms with Gasteiger partial charge in [-0.25, -0.2) is 9.59 Å². The Bertz CT molecular complexity index is 1110. The van der Waals surface area contributed by atoms with E-state index in [1.807, 2.05) is 0 Å². The second-order valence-corrected chi connectivity index (χ2v) is 7.46. The van der Waals surface area contributed by atoms with Gasteiger partial charge in [0.15, 0.2) is 12.4 Å². The second-order valence-electron chi connectivity index (χ2n) is 7.46. The van der Waals surface area contributed by atoms with Gasteiger partial charge in [-0.3, -0.25) is 14.4 Å². The lowest BCUT2D eigenvalue weighted by Gasteiger charge is -2.13. The van der Waals surface area contributed by atoms with Crippen molar-refractivity contribution in [2.75, 3.05) is 19.8 Å². The fourth-order valence-electron chi connectivity index (χ4n) is 2.79. The normalized spacial score (nSPS) is 11.4.